The molecule has 0 fully saturated rings. The molecular formula is C16H18N2O3. The van der Waals surface area contributed by atoms with E-state index < -0.39 is 5.97 Å². The van der Waals surface area contributed by atoms with E-state index >= 15 is 0 Å². The molecule has 0 spiro atoms. The summed E-state index contributed by atoms with van der Waals surface area (Å²) in [6.45, 7) is 7.98. The summed E-state index contributed by atoms with van der Waals surface area (Å²) in [5.41, 5.74) is 1.53. The summed E-state index contributed by atoms with van der Waals surface area (Å²) in [5.74, 6) is 0.0215. The van der Waals surface area contributed by atoms with Crippen LogP contribution in [-0.2, 0) is 9.53 Å². The fourth-order valence-corrected chi connectivity index (χ4v) is 1.38. The lowest BCUT2D eigenvalue weighted by Gasteiger charge is -2.08. The Kier molecular flexibility index (Phi) is 6.55. The van der Waals surface area contributed by atoms with E-state index in [1.54, 1.807) is 31.2 Å². The molecule has 0 atom stereocenters. The highest BCUT2D eigenvalue weighted by molar-refractivity contribution is 5.93. The number of carbonyl (C=O) groups is 1. The normalized spacial score (nSPS) is 10.4. The van der Waals surface area contributed by atoms with Crippen molar-refractivity contribution >= 4 is 11.7 Å². The lowest BCUT2D eigenvalue weighted by atomic mass is 10.3. The van der Waals surface area contributed by atoms with E-state index in [0.29, 0.717) is 18.0 Å². The van der Waals surface area contributed by atoms with Crippen LogP contribution < -0.4 is 10.1 Å². The van der Waals surface area contributed by atoms with Crippen LogP contribution in [0, 0.1) is 11.3 Å². The molecule has 0 saturated heterocycles. The molecule has 0 aliphatic rings. The van der Waals surface area contributed by atoms with Gasteiger partial charge in [-0.05, 0) is 31.6 Å². The molecule has 1 aromatic rings. The molecule has 1 N–H and O–H groups in total. The molecular weight excluding hydrogens is 268 g/mol. The Hall–Kier alpha value is -2.74. The van der Waals surface area contributed by atoms with E-state index in [9.17, 15) is 4.79 Å². The Morgan fingerprint density at radius 1 is 1.52 bits per heavy atom. The van der Waals surface area contributed by atoms with Crippen LogP contribution in [0.1, 0.15) is 13.8 Å². The number of nitrogens with zero attached hydrogens (tertiary/aromatic N) is 1. The number of nitrogens with one attached hydrogen (secondary N) is 1. The number of ether oxygens (including phenoxy) is 2. The summed E-state index contributed by atoms with van der Waals surface area (Å²) in [4.78, 5) is 11.5. The fourth-order valence-electron chi connectivity index (χ4n) is 1.38. The molecule has 110 valence electrons. The van der Waals surface area contributed by atoms with Crippen molar-refractivity contribution in [2.75, 3.05) is 18.5 Å². The molecule has 0 saturated carbocycles. The second kappa shape index (κ2) is 8.43. The Morgan fingerprint density at radius 3 is 2.90 bits per heavy atom. The van der Waals surface area contributed by atoms with Crippen LogP contribution in [0.15, 0.2) is 48.2 Å². The van der Waals surface area contributed by atoms with Gasteiger partial charge in [0.15, 0.2) is 5.57 Å². The summed E-state index contributed by atoms with van der Waals surface area (Å²) in [7, 11) is 0. The van der Waals surface area contributed by atoms with Gasteiger partial charge in [-0.2, -0.15) is 5.26 Å². The zero-order valence-electron chi connectivity index (χ0n) is 12.2. The van der Waals surface area contributed by atoms with E-state index in [1.807, 2.05) is 13.0 Å². The monoisotopic (exact) mass is 286 g/mol. The number of rotatable bonds is 7. The number of anilines is 1. The van der Waals surface area contributed by atoms with Gasteiger partial charge >= 0.3 is 5.97 Å². The van der Waals surface area contributed by atoms with E-state index in [4.69, 9.17) is 14.7 Å². The van der Waals surface area contributed by atoms with Crippen molar-refractivity contribution in [3.8, 4) is 11.8 Å². The highest BCUT2D eigenvalue weighted by Crippen LogP contribution is 2.18. The summed E-state index contributed by atoms with van der Waals surface area (Å²) in [6, 6.07) is 8.97. The van der Waals surface area contributed by atoms with Crippen LogP contribution in [0.5, 0.6) is 5.75 Å². The van der Waals surface area contributed by atoms with Crippen molar-refractivity contribution in [1.29, 1.82) is 5.26 Å². The molecule has 5 nitrogen and oxygen atoms in total. The summed E-state index contributed by atoms with van der Waals surface area (Å²) in [5, 5.41) is 11.8. The predicted octanol–water partition coefficient (Wildman–Crippen LogP) is 3.02. The topological polar surface area (TPSA) is 71.3 Å². The molecule has 0 aliphatic carbocycles. The molecule has 5 heteroatoms. The van der Waals surface area contributed by atoms with Gasteiger partial charge in [0.1, 0.15) is 18.4 Å². The summed E-state index contributed by atoms with van der Waals surface area (Å²) >= 11 is 0. The average molecular weight is 286 g/mol. The molecule has 0 radical (unpaired) electrons. The van der Waals surface area contributed by atoms with Crippen LogP contribution >= 0.6 is 0 Å². The van der Waals surface area contributed by atoms with Gasteiger partial charge in [-0.1, -0.05) is 12.6 Å². The number of nitriles is 1. The maximum Gasteiger partial charge on any atom is 0.350 e. The molecule has 0 unspecified atom stereocenters. The molecule has 0 amide bonds. The maximum atomic E-state index is 11.5. The third-order valence-corrected chi connectivity index (χ3v) is 2.32. The van der Waals surface area contributed by atoms with Crippen LogP contribution in [0.4, 0.5) is 5.69 Å². The summed E-state index contributed by atoms with van der Waals surface area (Å²) < 4.78 is 10.3. The minimum Gasteiger partial charge on any atom is -0.489 e. The predicted molar refractivity (Wildman–Crippen MR) is 80.7 cm³/mol. The molecule has 21 heavy (non-hydrogen) atoms. The minimum absolute atomic E-state index is 0.0925. The standard InChI is InChI=1S/C16H18N2O3/c1-4-20-16(19)13(9-17)10-18-14-6-5-7-15(8-14)21-11-12(2)3/h5-8,10,18H,2,4,11H2,1,3H3/b13-10+. The minimum atomic E-state index is -0.651. The quantitative estimate of drug-likeness (QED) is 0.361. The first kappa shape index (κ1) is 16.3. The summed E-state index contributed by atoms with van der Waals surface area (Å²) in [6.07, 6.45) is 1.32. The molecule has 0 aliphatic heterocycles. The van der Waals surface area contributed by atoms with Gasteiger partial charge < -0.3 is 14.8 Å². The Bertz CT molecular complexity index is 585. The van der Waals surface area contributed by atoms with Gasteiger partial charge in [-0.3, -0.25) is 0 Å². The van der Waals surface area contributed by atoms with Gasteiger partial charge in [0, 0.05) is 18.0 Å². The highest BCUT2D eigenvalue weighted by Gasteiger charge is 2.09. The smallest absolute Gasteiger partial charge is 0.350 e. The van der Waals surface area contributed by atoms with E-state index in [2.05, 4.69) is 11.9 Å². The van der Waals surface area contributed by atoms with Gasteiger partial charge in [-0.15, -0.1) is 0 Å². The van der Waals surface area contributed by atoms with Gasteiger partial charge in [0.25, 0.3) is 0 Å². The fraction of sp³-hybridized carbons (Fsp3) is 0.250. The highest BCUT2D eigenvalue weighted by atomic mass is 16.5. The number of esters is 1. The van der Waals surface area contributed by atoms with Crippen molar-refractivity contribution in [3.63, 3.8) is 0 Å². The number of benzene rings is 1. The number of hydrogen-bond acceptors (Lipinski definition) is 5. The van der Waals surface area contributed by atoms with E-state index in [1.165, 1.54) is 6.20 Å². The largest absolute Gasteiger partial charge is 0.489 e. The first-order valence-corrected chi connectivity index (χ1v) is 6.48. The first-order chi connectivity index (χ1) is 10.1. The van der Waals surface area contributed by atoms with Crippen LogP contribution in [0.2, 0.25) is 0 Å². The van der Waals surface area contributed by atoms with Crippen LogP contribution in [-0.4, -0.2) is 19.2 Å². The van der Waals surface area contributed by atoms with Crippen molar-refractivity contribution in [2.24, 2.45) is 0 Å². The average Bonchev–Trinajstić information content (AvgIpc) is 2.46. The second-order valence-electron chi connectivity index (χ2n) is 4.31. The molecule has 0 bridgehead atoms. The Balaban J connectivity index is 2.74. The van der Waals surface area contributed by atoms with Gasteiger partial charge in [0.2, 0.25) is 0 Å². The lowest BCUT2D eigenvalue weighted by Crippen LogP contribution is -2.07. The third-order valence-electron chi connectivity index (χ3n) is 2.32. The van der Waals surface area contributed by atoms with E-state index in [-0.39, 0.29) is 12.2 Å². The molecule has 1 aromatic carbocycles. The second-order valence-corrected chi connectivity index (χ2v) is 4.31. The van der Waals surface area contributed by atoms with E-state index in [0.717, 1.165) is 5.57 Å². The zero-order valence-corrected chi connectivity index (χ0v) is 12.2. The van der Waals surface area contributed by atoms with Crippen LogP contribution in [0.3, 0.4) is 0 Å². The third kappa shape index (κ3) is 5.83. The van der Waals surface area contributed by atoms with Crippen LogP contribution in [0.25, 0.3) is 0 Å². The molecule has 1 rings (SSSR count). The Morgan fingerprint density at radius 2 is 2.29 bits per heavy atom. The number of carbonyl (C=O) groups excluding carboxylic acids is 1. The molecule has 0 heterocycles. The van der Waals surface area contributed by atoms with Crippen molar-refractivity contribution in [3.05, 3.63) is 48.2 Å². The van der Waals surface area contributed by atoms with Gasteiger partial charge in [-0.25, -0.2) is 4.79 Å². The zero-order chi connectivity index (χ0) is 15.7. The van der Waals surface area contributed by atoms with Crippen molar-refractivity contribution < 1.29 is 14.3 Å². The maximum absolute atomic E-state index is 11.5. The lowest BCUT2D eigenvalue weighted by molar-refractivity contribution is -0.138. The SMILES string of the molecule is C=C(C)COc1cccc(N/C=C(\C#N)C(=O)OCC)c1. The number of hydrogen-bond donors (Lipinski definition) is 1. The molecule has 0 aromatic heterocycles. The first-order valence-electron chi connectivity index (χ1n) is 6.48. The van der Waals surface area contributed by atoms with Crippen molar-refractivity contribution in [2.45, 2.75) is 13.8 Å². The van der Waals surface area contributed by atoms with Gasteiger partial charge in [0.05, 0.1) is 6.61 Å². The Labute approximate surface area is 124 Å². The van der Waals surface area contributed by atoms with Crippen molar-refractivity contribution in [1.82, 2.24) is 0 Å².